The fourth-order valence-electron chi connectivity index (χ4n) is 2.65. The topological polar surface area (TPSA) is 66.4 Å². The number of rotatable bonds is 6. The molecule has 3 rings (SSSR count). The first kappa shape index (κ1) is 20.8. The van der Waals surface area contributed by atoms with E-state index in [9.17, 15) is 4.79 Å². The average Bonchev–Trinajstić information content (AvgIpc) is 3.07. The highest BCUT2D eigenvalue weighted by Gasteiger charge is 2.22. The van der Waals surface area contributed by atoms with Gasteiger partial charge < -0.3 is 18.9 Å². The van der Waals surface area contributed by atoms with E-state index in [2.05, 4.69) is 4.99 Å². The number of halogens is 2. The number of aliphatic imine (C=N–C) groups is 1. The maximum Gasteiger partial charge on any atom is 0.363 e. The third-order valence-corrected chi connectivity index (χ3v) is 4.85. The summed E-state index contributed by atoms with van der Waals surface area (Å²) in [6.07, 6.45) is 4.79. The van der Waals surface area contributed by atoms with Gasteiger partial charge in [-0.25, -0.2) is 9.79 Å². The van der Waals surface area contributed by atoms with E-state index in [1.54, 1.807) is 48.6 Å². The minimum Gasteiger partial charge on any atom is -0.493 e. The molecule has 0 amide bonds. The Bertz CT molecular complexity index is 1020. The van der Waals surface area contributed by atoms with E-state index in [-0.39, 0.29) is 11.6 Å². The number of benzene rings is 2. The Hall–Kier alpha value is -2.96. The number of hydrogen-bond donors (Lipinski definition) is 0. The molecular formula is C21H17Cl2NO5. The summed E-state index contributed by atoms with van der Waals surface area (Å²) in [6.45, 7) is 0. The molecule has 0 radical (unpaired) electrons. The van der Waals surface area contributed by atoms with E-state index in [1.165, 1.54) is 21.3 Å². The molecule has 0 fully saturated rings. The largest absolute Gasteiger partial charge is 0.493 e. The van der Waals surface area contributed by atoms with Gasteiger partial charge in [0, 0.05) is 6.08 Å². The number of nitrogens with zero attached hydrogens (tertiary/aromatic N) is 1. The fourth-order valence-corrected chi connectivity index (χ4v) is 3.02. The van der Waals surface area contributed by atoms with Gasteiger partial charge in [-0.1, -0.05) is 35.3 Å². The predicted molar refractivity (Wildman–Crippen MR) is 113 cm³/mol. The molecule has 29 heavy (non-hydrogen) atoms. The lowest BCUT2D eigenvalue weighted by atomic mass is 10.1. The van der Waals surface area contributed by atoms with Crippen LogP contribution in [-0.4, -0.2) is 33.2 Å². The molecule has 0 aliphatic carbocycles. The molecule has 6 nitrogen and oxygen atoms in total. The Morgan fingerprint density at radius 2 is 1.69 bits per heavy atom. The Balaban J connectivity index is 1.90. The SMILES string of the molecule is COc1cc(/C=C2N=C(/C=C/c3cccc(Cl)c3Cl)OC\2=O)cc(OC)c1OC. The average molecular weight is 434 g/mol. The molecule has 2 aromatic carbocycles. The van der Waals surface area contributed by atoms with E-state index in [4.69, 9.17) is 42.1 Å². The Labute approximate surface area is 178 Å². The third kappa shape index (κ3) is 4.55. The molecule has 0 atom stereocenters. The maximum atomic E-state index is 12.2. The van der Waals surface area contributed by atoms with Gasteiger partial charge in [0.1, 0.15) is 0 Å². The summed E-state index contributed by atoms with van der Waals surface area (Å²) in [4.78, 5) is 16.4. The first-order chi connectivity index (χ1) is 14.0. The zero-order valence-electron chi connectivity index (χ0n) is 15.9. The Morgan fingerprint density at radius 3 is 2.31 bits per heavy atom. The number of carbonyl (C=O) groups is 1. The van der Waals surface area contributed by atoms with Gasteiger partial charge in [0.25, 0.3) is 0 Å². The van der Waals surface area contributed by atoms with Crippen LogP contribution in [-0.2, 0) is 9.53 Å². The van der Waals surface area contributed by atoms with Crippen molar-refractivity contribution in [3.63, 3.8) is 0 Å². The van der Waals surface area contributed by atoms with Crippen molar-refractivity contribution in [1.82, 2.24) is 0 Å². The summed E-state index contributed by atoms with van der Waals surface area (Å²) in [7, 11) is 4.54. The highest BCUT2D eigenvalue weighted by Crippen LogP contribution is 2.39. The number of ether oxygens (including phenoxy) is 4. The smallest absolute Gasteiger partial charge is 0.363 e. The second kappa shape index (κ2) is 9.03. The quantitative estimate of drug-likeness (QED) is 0.472. The van der Waals surface area contributed by atoms with E-state index in [0.29, 0.717) is 38.4 Å². The van der Waals surface area contributed by atoms with Crippen LogP contribution in [0, 0.1) is 0 Å². The molecule has 0 spiro atoms. The molecule has 0 saturated carbocycles. The molecule has 150 valence electrons. The van der Waals surface area contributed by atoms with Gasteiger partial charge in [0.2, 0.25) is 11.6 Å². The molecule has 0 aromatic heterocycles. The van der Waals surface area contributed by atoms with Crippen LogP contribution in [0.2, 0.25) is 10.0 Å². The lowest BCUT2D eigenvalue weighted by Crippen LogP contribution is -2.01. The van der Waals surface area contributed by atoms with Crippen LogP contribution < -0.4 is 14.2 Å². The van der Waals surface area contributed by atoms with Crippen molar-refractivity contribution in [2.45, 2.75) is 0 Å². The standard InChI is InChI=1S/C21H17Cl2NO5/c1-26-16-10-12(11-17(27-2)20(16)28-3)9-15-21(25)29-18(24-15)8-7-13-5-4-6-14(22)19(13)23/h4-11H,1-3H3/b8-7+,15-9-. The van der Waals surface area contributed by atoms with Crippen molar-refractivity contribution in [3.05, 3.63) is 63.3 Å². The lowest BCUT2D eigenvalue weighted by Gasteiger charge is -2.12. The van der Waals surface area contributed by atoms with Crippen LogP contribution >= 0.6 is 23.2 Å². The second-order valence-electron chi connectivity index (χ2n) is 5.80. The van der Waals surface area contributed by atoms with Gasteiger partial charge >= 0.3 is 5.97 Å². The second-order valence-corrected chi connectivity index (χ2v) is 6.59. The van der Waals surface area contributed by atoms with E-state index >= 15 is 0 Å². The zero-order valence-corrected chi connectivity index (χ0v) is 17.4. The molecular weight excluding hydrogens is 417 g/mol. The minimum atomic E-state index is -0.574. The first-order valence-electron chi connectivity index (χ1n) is 8.41. The van der Waals surface area contributed by atoms with Crippen LogP contribution in [0.5, 0.6) is 17.2 Å². The third-order valence-electron chi connectivity index (χ3n) is 4.01. The molecule has 2 aromatic rings. The first-order valence-corrected chi connectivity index (χ1v) is 9.17. The summed E-state index contributed by atoms with van der Waals surface area (Å²) in [6, 6.07) is 8.65. The van der Waals surface area contributed by atoms with Crippen molar-refractivity contribution in [2.24, 2.45) is 4.99 Å². The molecule has 1 heterocycles. The maximum absolute atomic E-state index is 12.2. The lowest BCUT2D eigenvalue weighted by molar-refractivity contribution is -0.129. The van der Waals surface area contributed by atoms with Crippen molar-refractivity contribution in [2.75, 3.05) is 21.3 Å². The van der Waals surface area contributed by atoms with Crippen molar-refractivity contribution in [1.29, 1.82) is 0 Å². The van der Waals surface area contributed by atoms with Gasteiger partial charge in [-0.15, -0.1) is 0 Å². The number of cyclic esters (lactones) is 1. The van der Waals surface area contributed by atoms with Crippen LogP contribution in [0.3, 0.4) is 0 Å². The number of carbonyl (C=O) groups excluding carboxylic acids is 1. The number of hydrogen-bond acceptors (Lipinski definition) is 6. The fraction of sp³-hybridized carbons (Fsp3) is 0.143. The molecule has 0 unspecified atom stereocenters. The molecule has 1 aliphatic heterocycles. The number of methoxy groups -OCH3 is 3. The van der Waals surface area contributed by atoms with Gasteiger partial charge in [0.15, 0.2) is 17.2 Å². The normalized spacial score (nSPS) is 14.9. The molecule has 1 aliphatic rings. The van der Waals surface area contributed by atoms with Gasteiger partial charge in [-0.3, -0.25) is 0 Å². The summed E-state index contributed by atoms with van der Waals surface area (Å²) >= 11 is 12.1. The van der Waals surface area contributed by atoms with E-state index in [0.717, 1.165) is 0 Å². The van der Waals surface area contributed by atoms with Crippen LogP contribution in [0.4, 0.5) is 0 Å². The summed E-state index contributed by atoms with van der Waals surface area (Å²) in [5.41, 5.74) is 1.45. The summed E-state index contributed by atoms with van der Waals surface area (Å²) < 4.78 is 21.1. The van der Waals surface area contributed by atoms with Gasteiger partial charge in [0.05, 0.1) is 31.4 Å². The van der Waals surface area contributed by atoms with Crippen molar-refractivity contribution in [3.8, 4) is 17.2 Å². The van der Waals surface area contributed by atoms with Crippen LogP contribution in [0.15, 0.2) is 47.1 Å². The highest BCUT2D eigenvalue weighted by atomic mass is 35.5. The minimum absolute atomic E-state index is 0.135. The number of esters is 1. The van der Waals surface area contributed by atoms with Crippen molar-refractivity contribution >= 4 is 47.2 Å². The van der Waals surface area contributed by atoms with Crippen molar-refractivity contribution < 1.29 is 23.7 Å². The molecule has 8 heteroatoms. The molecule has 0 saturated heterocycles. The van der Waals surface area contributed by atoms with E-state index < -0.39 is 5.97 Å². The summed E-state index contributed by atoms with van der Waals surface area (Å²) in [5.74, 6) is 0.950. The zero-order chi connectivity index (χ0) is 21.0. The highest BCUT2D eigenvalue weighted by molar-refractivity contribution is 6.42. The Kier molecular flexibility index (Phi) is 6.46. The monoisotopic (exact) mass is 433 g/mol. The Morgan fingerprint density at radius 1 is 1.00 bits per heavy atom. The van der Waals surface area contributed by atoms with E-state index in [1.807, 2.05) is 0 Å². The summed E-state index contributed by atoms with van der Waals surface area (Å²) in [5, 5.41) is 0.839. The molecule has 0 N–H and O–H groups in total. The predicted octanol–water partition coefficient (Wildman–Crippen LogP) is 5.03. The van der Waals surface area contributed by atoms with Crippen LogP contribution in [0.1, 0.15) is 11.1 Å². The van der Waals surface area contributed by atoms with Gasteiger partial charge in [-0.2, -0.15) is 0 Å². The van der Waals surface area contributed by atoms with Crippen LogP contribution in [0.25, 0.3) is 12.2 Å². The molecule has 0 bridgehead atoms. The van der Waals surface area contributed by atoms with Gasteiger partial charge in [-0.05, 0) is 41.5 Å².